The summed E-state index contributed by atoms with van der Waals surface area (Å²) in [4.78, 5) is 29.0. The van der Waals surface area contributed by atoms with Crippen LogP contribution in [0.1, 0.15) is 19.4 Å². The molecule has 1 atom stereocenters. The largest absolute Gasteiger partial charge is 0.340 e. The van der Waals surface area contributed by atoms with Crippen molar-refractivity contribution in [3.8, 4) is 0 Å². The molecule has 0 radical (unpaired) electrons. The Balaban J connectivity index is 1.52. The smallest absolute Gasteiger partial charge is 0.248 e. The Labute approximate surface area is 145 Å². The van der Waals surface area contributed by atoms with Gasteiger partial charge in [-0.05, 0) is 36.2 Å². The summed E-state index contributed by atoms with van der Waals surface area (Å²) in [5.41, 5.74) is 0.506. The molecule has 2 fully saturated rings. The molecule has 2 saturated heterocycles. The van der Waals surface area contributed by atoms with Crippen LogP contribution < -0.4 is 5.32 Å². The first kappa shape index (κ1) is 15.6. The van der Waals surface area contributed by atoms with Crippen LogP contribution in [-0.2, 0) is 16.1 Å². The molecule has 2 aromatic rings. The molecule has 2 aliphatic rings. The van der Waals surface area contributed by atoms with Gasteiger partial charge in [0.1, 0.15) is 11.6 Å². The molecule has 1 aromatic heterocycles. The minimum atomic E-state index is -0.792. The first-order valence-electron chi connectivity index (χ1n) is 8.26. The van der Waals surface area contributed by atoms with Crippen molar-refractivity contribution in [2.45, 2.75) is 32.0 Å². The number of fused-ring (bicyclic) bond motifs is 2. The van der Waals surface area contributed by atoms with E-state index in [-0.39, 0.29) is 17.9 Å². The Bertz CT molecular complexity index is 813. The van der Waals surface area contributed by atoms with Crippen LogP contribution in [0.25, 0.3) is 10.1 Å². The Hall–Kier alpha value is -1.92. The summed E-state index contributed by atoms with van der Waals surface area (Å²) in [5, 5.41) is 6.35. The van der Waals surface area contributed by atoms with E-state index in [0.717, 1.165) is 13.1 Å². The maximum Gasteiger partial charge on any atom is 0.248 e. The van der Waals surface area contributed by atoms with Gasteiger partial charge in [-0.1, -0.05) is 18.2 Å². The fourth-order valence-electron chi connectivity index (χ4n) is 3.65. The topological polar surface area (TPSA) is 52.7 Å². The van der Waals surface area contributed by atoms with Gasteiger partial charge >= 0.3 is 0 Å². The molecule has 5 nitrogen and oxygen atoms in total. The fraction of sp³-hybridized carbons (Fsp3) is 0.444. The van der Waals surface area contributed by atoms with Crippen molar-refractivity contribution in [3.05, 3.63) is 35.2 Å². The second-order valence-corrected chi connectivity index (χ2v) is 8.03. The van der Waals surface area contributed by atoms with Crippen LogP contribution >= 0.6 is 11.3 Å². The molecule has 0 spiro atoms. The maximum atomic E-state index is 12.5. The molecular weight excluding hydrogens is 322 g/mol. The SMILES string of the molecule is CC1(C)NC(=O)C2CN(Cc3csc4ccccc34)CCN2C1=O. The van der Waals surface area contributed by atoms with E-state index in [1.54, 1.807) is 30.1 Å². The molecule has 24 heavy (non-hydrogen) atoms. The second-order valence-electron chi connectivity index (χ2n) is 7.12. The summed E-state index contributed by atoms with van der Waals surface area (Å²) >= 11 is 1.76. The van der Waals surface area contributed by atoms with Gasteiger partial charge in [0.15, 0.2) is 0 Å². The minimum absolute atomic E-state index is 0.0210. The van der Waals surface area contributed by atoms with E-state index in [9.17, 15) is 9.59 Å². The van der Waals surface area contributed by atoms with Crippen LogP contribution in [0.4, 0.5) is 0 Å². The number of benzene rings is 1. The third kappa shape index (κ3) is 2.50. The van der Waals surface area contributed by atoms with Gasteiger partial charge < -0.3 is 10.2 Å². The number of nitrogens with one attached hydrogen (secondary N) is 1. The van der Waals surface area contributed by atoms with Crippen LogP contribution in [0.15, 0.2) is 29.6 Å². The normalized spacial score (nSPS) is 24.1. The van der Waals surface area contributed by atoms with Crippen molar-refractivity contribution < 1.29 is 9.59 Å². The van der Waals surface area contributed by atoms with Crippen molar-refractivity contribution >= 4 is 33.2 Å². The lowest BCUT2D eigenvalue weighted by Crippen LogP contribution is -2.72. The highest BCUT2D eigenvalue weighted by Crippen LogP contribution is 2.28. The number of amides is 2. The van der Waals surface area contributed by atoms with E-state index in [0.29, 0.717) is 13.1 Å². The highest BCUT2D eigenvalue weighted by atomic mass is 32.1. The molecule has 3 heterocycles. The van der Waals surface area contributed by atoms with Gasteiger partial charge in [0, 0.05) is 30.9 Å². The number of carbonyl (C=O) groups is 2. The first-order chi connectivity index (χ1) is 11.5. The highest BCUT2D eigenvalue weighted by molar-refractivity contribution is 7.17. The highest BCUT2D eigenvalue weighted by Gasteiger charge is 2.47. The number of piperazine rings is 2. The van der Waals surface area contributed by atoms with E-state index in [1.165, 1.54) is 15.6 Å². The zero-order valence-corrected chi connectivity index (χ0v) is 14.7. The molecule has 2 aliphatic heterocycles. The molecule has 4 rings (SSSR count). The van der Waals surface area contributed by atoms with E-state index in [4.69, 9.17) is 0 Å². The molecule has 2 amide bonds. The van der Waals surface area contributed by atoms with Gasteiger partial charge in [-0.3, -0.25) is 14.5 Å². The average Bonchev–Trinajstić information content (AvgIpc) is 2.96. The van der Waals surface area contributed by atoms with Crippen molar-refractivity contribution in [3.63, 3.8) is 0 Å². The molecule has 0 saturated carbocycles. The lowest BCUT2D eigenvalue weighted by atomic mass is 9.95. The predicted molar refractivity (Wildman–Crippen MR) is 94.8 cm³/mol. The van der Waals surface area contributed by atoms with Gasteiger partial charge in [-0.2, -0.15) is 0 Å². The third-order valence-electron chi connectivity index (χ3n) is 4.95. The number of carbonyl (C=O) groups excluding carboxylic acids is 2. The fourth-order valence-corrected chi connectivity index (χ4v) is 4.60. The zero-order chi connectivity index (χ0) is 16.9. The van der Waals surface area contributed by atoms with Crippen LogP contribution in [0.3, 0.4) is 0 Å². The predicted octanol–water partition coefficient (Wildman–Crippen LogP) is 1.82. The van der Waals surface area contributed by atoms with Crippen molar-refractivity contribution in [2.24, 2.45) is 0 Å². The van der Waals surface area contributed by atoms with Crippen LogP contribution in [0.2, 0.25) is 0 Å². The molecule has 1 unspecified atom stereocenters. The third-order valence-corrected chi connectivity index (χ3v) is 5.97. The molecule has 6 heteroatoms. The quantitative estimate of drug-likeness (QED) is 0.905. The van der Waals surface area contributed by atoms with Crippen molar-refractivity contribution in [1.82, 2.24) is 15.1 Å². The first-order valence-corrected chi connectivity index (χ1v) is 9.14. The number of thiophene rings is 1. The number of hydrogen-bond acceptors (Lipinski definition) is 4. The monoisotopic (exact) mass is 343 g/mol. The van der Waals surface area contributed by atoms with Crippen LogP contribution in [0.5, 0.6) is 0 Å². The molecule has 1 N–H and O–H groups in total. The Morgan fingerprint density at radius 1 is 1.25 bits per heavy atom. The van der Waals surface area contributed by atoms with Gasteiger partial charge in [0.2, 0.25) is 11.8 Å². The Morgan fingerprint density at radius 3 is 2.88 bits per heavy atom. The molecular formula is C18H21N3O2S. The lowest BCUT2D eigenvalue weighted by molar-refractivity contribution is -0.157. The van der Waals surface area contributed by atoms with Gasteiger partial charge in [0.25, 0.3) is 0 Å². The Kier molecular flexibility index (Phi) is 3.62. The number of nitrogens with zero attached hydrogens (tertiary/aromatic N) is 2. The summed E-state index contributed by atoms with van der Waals surface area (Å²) in [5.74, 6) is -0.0211. The van der Waals surface area contributed by atoms with Crippen molar-refractivity contribution in [2.75, 3.05) is 19.6 Å². The van der Waals surface area contributed by atoms with Crippen LogP contribution in [-0.4, -0.2) is 52.8 Å². The summed E-state index contributed by atoms with van der Waals surface area (Å²) in [6, 6.07) is 8.03. The molecule has 1 aromatic carbocycles. The van der Waals surface area contributed by atoms with Gasteiger partial charge in [-0.15, -0.1) is 11.3 Å². The minimum Gasteiger partial charge on any atom is -0.340 e. The molecule has 126 valence electrons. The Morgan fingerprint density at radius 2 is 2.04 bits per heavy atom. The number of rotatable bonds is 2. The molecule has 0 aliphatic carbocycles. The van der Waals surface area contributed by atoms with E-state index in [1.807, 2.05) is 0 Å². The van der Waals surface area contributed by atoms with E-state index >= 15 is 0 Å². The zero-order valence-electron chi connectivity index (χ0n) is 13.9. The average molecular weight is 343 g/mol. The lowest BCUT2D eigenvalue weighted by Gasteiger charge is -2.47. The van der Waals surface area contributed by atoms with E-state index in [2.05, 4.69) is 39.9 Å². The van der Waals surface area contributed by atoms with Gasteiger partial charge in [0.05, 0.1) is 0 Å². The van der Waals surface area contributed by atoms with E-state index < -0.39 is 5.54 Å². The van der Waals surface area contributed by atoms with Crippen molar-refractivity contribution in [1.29, 1.82) is 0 Å². The number of hydrogen-bond donors (Lipinski definition) is 1. The summed E-state index contributed by atoms with van der Waals surface area (Å²) in [6.45, 7) is 6.37. The maximum absolute atomic E-state index is 12.5. The second kappa shape index (κ2) is 5.57. The summed E-state index contributed by atoms with van der Waals surface area (Å²) in [6.07, 6.45) is 0. The van der Waals surface area contributed by atoms with Crippen LogP contribution in [0, 0.1) is 0 Å². The van der Waals surface area contributed by atoms with Gasteiger partial charge in [-0.25, -0.2) is 0 Å². The summed E-state index contributed by atoms with van der Waals surface area (Å²) in [7, 11) is 0. The standard InChI is InChI=1S/C18H21N3O2S/c1-18(2)17(23)21-8-7-20(10-14(21)16(22)19-18)9-12-11-24-15-6-4-3-5-13(12)15/h3-6,11,14H,7-10H2,1-2H3,(H,19,22). The summed E-state index contributed by atoms with van der Waals surface area (Å²) < 4.78 is 1.29. The molecule has 0 bridgehead atoms.